The fourth-order valence-electron chi connectivity index (χ4n) is 3.23. The summed E-state index contributed by atoms with van der Waals surface area (Å²) in [5.74, 6) is -0.386. The molecule has 0 bridgehead atoms. The van der Waals surface area contributed by atoms with Crippen molar-refractivity contribution in [1.82, 2.24) is 14.1 Å². The normalized spacial score (nSPS) is 11.1. The van der Waals surface area contributed by atoms with Crippen molar-refractivity contribution in [2.75, 3.05) is 0 Å². The molecule has 0 radical (unpaired) electrons. The second-order valence-corrected chi connectivity index (χ2v) is 6.49. The SMILES string of the molecule is Cn1c(=O)c2c(-c3ccccc3F)cc(-c3ccc(O)cc3)nc2n(C)c1=O. The van der Waals surface area contributed by atoms with Crippen LogP contribution in [0.5, 0.6) is 5.75 Å². The van der Waals surface area contributed by atoms with E-state index in [9.17, 15) is 19.1 Å². The Morgan fingerprint density at radius 3 is 2.29 bits per heavy atom. The Labute approximate surface area is 158 Å². The highest BCUT2D eigenvalue weighted by Crippen LogP contribution is 2.31. The molecule has 0 saturated carbocycles. The monoisotopic (exact) mass is 377 g/mol. The number of halogens is 1. The lowest BCUT2D eigenvalue weighted by atomic mass is 9.99. The molecule has 0 fully saturated rings. The lowest BCUT2D eigenvalue weighted by Crippen LogP contribution is -2.37. The molecule has 2 aromatic heterocycles. The molecule has 4 aromatic rings. The molecule has 0 atom stereocenters. The molecule has 0 amide bonds. The number of phenols is 1. The van der Waals surface area contributed by atoms with E-state index >= 15 is 0 Å². The second kappa shape index (κ2) is 6.45. The van der Waals surface area contributed by atoms with Crippen LogP contribution in [0.1, 0.15) is 0 Å². The van der Waals surface area contributed by atoms with Gasteiger partial charge in [0.05, 0.1) is 11.1 Å². The number of rotatable bonds is 2. The number of phenolic OH excluding ortho intramolecular Hbond substituents is 1. The summed E-state index contributed by atoms with van der Waals surface area (Å²) < 4.78 is 16.8. The van der Waals surface area contributed by atoms with E-state index in [2.05, 4.69) is 4.98 Å². The third kappa shape index (κ3) is 2.68. The molecule has 140 valence electrons. The summed E-state index contributed by atoms with van der Waals surface area (Å²) in [7, 11) is 2.89. The van der Waals surface area contributed by atoms with Gasteiger partial charge in [0.1, 0.15) is 11.6 Å². The molecule has 0 aliphatic carbocycles. The zero-order chi connectivity index (χ0) is 20.0. The molecule has 0 spiro atoms. The van der Waals surface area contributed by atoms with Gasteiger partial charge in [-0.3, -0.25) is 13.9 Å². The van der Waals surface area contributed by atoms with E-state index in [1.165, 1.54) is 36.9 Å². The summed E-state index contributed by atoms with van der Waals surface area (Å²) in [5.41, 5.74) is 0.804. The zero-order valence-electron chi connectivity index (χ0n) is 15.2. The van der Waals surface area contributed by atoms with Crippen LogP contribution in [0, 0.1) is 5.82 Å². The third-order valence-electron chi connectivity index (χ3n) is 4.74. The Kier molecular flexibility index (Phi) is 4.07. The molecule has 7 heteroatoms. The molecule has 2 heterocycles. The molecule has 2 aromatic carbocycles. The highest BCUT2D eigenvalue weighted by atomic mass is 19.1. The van der Waals surface area contributed by atoms with Gasteiger partial charge in [-0.2, -0.15) is 0 Å². The van der Waals surface area contributed by atoms with E-state index in [0.717, 1.165) is 4.57 Å². The van der Waals surface area contributed by atoms with Crippen LogP contribution in [-0.4, -0.2) is 19.2 Å². The maximum absolute atomic E-state index is 14.6. The highest BCUT2D eigenvalue weighted by Gasteiger charge is 2.19. The molecule has 0 unspecified atom stereocenters. The van der Waals surface area contributed by atoms with E-state index in [1.54, 1.807) is 36.4 Å². The Bertz CT molecular complexity index is 1340. The van der Waals surface area contributed by atoms with Crippen molar-refractivity contribution in [2.24, 2.45) is 14.1 Å². The first-order valence-corrected chi connectivity index (χ1v) is 8.53. The topological polar surface area (TPSA) is 77.1 Å². The van der Waals surface area contributed by atoms with Crippen molar-refractivity contribution in [3.05, 3.63) is 81.3 Å². The van der Waals surface area contributed by atoms with Crippen molar-refractivity contribution in [3.63, 3.8) is 0 Å². The largest absolute Gasteiger partial charge is 0.508 e. The molecule has 28 heavy (non-hydrogen) atoms. The number of aromatic nitrogens is 3. The van der Waals surface area contributed by atoms with E-state index in [0.29, 0.717) is 16.8 Å². The van der Waals surface area contributed by atoms with Gasteiger partial charge in [-0.15, -0.1) is 0 Å². The van der Waals surface area contributed by atoms with Gasteiger partial charge in [-0.1, -0.05) is 18.2 Å². The predicted molar refractivity (Wildman–Crippen MR) is 105 cm³/mol. The summed E-state index contributed by atoms with van der Waals surface area (Å²) in [5, 5.41) is 9.70. The first kappa shape index (κ1) is 17.7. The van der Waals surface area contributed by atoms with Gasteiger partial charge in [0, 0.05) is 30.8 Å². The molecule has 4 rings (SSSR count). The van der Waals surface area contributed by atoms with Gasteiger partial charge >= 0.3 is 5.69 Å². The zero-order valence-corrected chi connectivity index (χ0v) is 15.2. The van der Waals surface area contributed by atoms with Crippen LogP contribution in [0.15, 0.2) is 64.2 Å². The predicted octanol–water partition coefficient (Wildman–Crippen LogP) is 2.81. The fraction of sp³-hybridized carbons (Fsp3) is 0.0952. The van der Waals surface area contributed by atoms with Crippen molar-refractivity contribution >= 4 is 11.0 Å². The van der Waals surface area contributed by atoms with Crippen LogP contribution < -0.4 is 11.2 Å². The quantitative estimate of drug-likeness (QED) is 0.583. The van der Waals surface area contributed by atoms with E-state index in [4.69, 9.17) is 0 Å². The minimum Gasteiger partial charge on any atom is -0.508 e. The average Bonchev–Trinajstić information content (AvgIpc) is 2.70. The van der Waals surface area contributed by atoms with E-state index in [-0.39, 0.29) is 22.3 Å². The number of fused-ring (bicyclic) bond motifs is 1. The maximum Gasteiger partial charge on any atom is 0.332 e. The number of aryl methyl sites for hydroxylation is 1. The van der Waals surface area contributed by atoms with Crippen molar-refractivity contribution in [3.8, 4) is 28.1 Å². The standard InChI is InChI=1S/C21H16FN3O3/c1-24-19-18(20(27)25(2)21(24)28)15(14-5-3-4-6-16(14)22)11-17(23-19)12-7-9-13(26)10-8-12/h3-11,26H,1-2H3. The minimum atomic E-state index is -0.541. The number of hydrogen-bond acceptors (Lipinski definition) is 4. The highest BCUT2D eigenvalue weighted by molar-refractivity contribution is 5.94. The third-order valence-corrected chi connectivity index (χ3v) is 4.74. The van der Waals surface area contributed by atoms with Crippen molar-refractivity contribution < 1.29 is 9.50 Å². The molecule has 0 saturated heterocycles. The first-order valence-electron chi connectivity index (χ1n) is 8.53. The average molecular weight is 377 g/mol. The summed E-state index contributed by atoms with van der Waals surface area (Å²) in [6.07, 6.45) is 0. The molecule has 0 aliphatic rings. The first-order chi connectivity index (χ1) is 13.4. The van der Waals surface area contributed by atoms with E-state index < -0.39 is 17.1 Å². The molecule has 6 nitrogen and oxygen atoms in total. The Morgan fingerprint density at radius 2 is 1.61 bits per heavy atom. The van der Waals surface area contributed by atoms with Gasteiger partial charge in [0.15, 0.2) is 5.65 Å². The smallest absolute Gasteiger partial charge is 0.332 e. The Balaban J connectivity index is 2.19. The fourth-order valence-corrected chi connectivity index (χ4v) is 3.23. The maximum atomic E-state index is 14.6. The summed E-state index contributed by atoms with van der Waals surface area (Å²) >= 11 is 0. The van der Waals surface area contributed by atoms with Crippen LogP contribution in [0.3, 0.4) is 0 Å². The number of nitrogens with zero attached hydrogens (tertiary/aromatic N) is 3. The van der Waals surface area contributed by atoms with Crippen LogP contribution >= 0.6 is 0 Å². The molecule has 0 aliphatic heterocycles. The van der Waals surface area contributed by atoms with Gasteiger partial charge in [-0.05, 0) is 36.4 Å². The Hall–Kier alpha value is -3.74. The number of aromatic hydroxyl groups is 1. The lowest BCUT2D eigenvalue weighted by Gasteiger charge is -2.14. The summed E-state index contributed by atoms with van der Waals surface area (Å²) in [4.78, 5) is 29.7. The summed E-state index contributed by atoms with van der Waals surface area (Å²) in [6.45, 7) is 0. The number of benzene rings is 2. The van der Waals surface area contributed by atoms with Gasteiger partial charge in [-0.25, -0.2) is 14.2 Å². The second-order valence-electron chi connectivity index (χ2n) is 6.49. The van der Waals surface area contributed by atoms with Crippen LogP contribution in [0.4, 0.5) is 4.39 Å². The van der Waals surface area contributed by atoms with Crippen LogP contribution in [0.25, 0.3) is 33.4 Å². The lowest BCUT2D eigenvalue weighted by molar-refractivity contribution is 0.475. The number of pyridine rings is 1. The van der Waals surface area contributed by atoms with E-state index in [1.807, 2.05) is 0 Å². The molecular formula is C21H16FN3O3. The molecule has 1 N–H and O–H groups in total. The van der Waals surface area contributed by atoms with Gasteiger partial charge in [0.2, 0.25) is 0 Å². The van der Waals surface area contributed by atoms with Gasteiger partial charge in [0.25, 0.3) is 5.56 Å². The van der Waals surface area contributed by atoms with Crippen LogP contribution in [-0.2, 0) is 14.1 Å². The van der Waals surface area contributed by atoms with Crippen molar-refractivity contribution in [2.45, 2.75) is 0 Å². The minimum absolute atomic E-state index is 0.0973. The number of hydrogen-bond donors (Lipinski definition) is 1. The van der Waals surface area contributed by atoms with Crippen molar-refractivity contribution in [1.29, 1.82) is 0 Å². The molecular weight excluding hydrogens is 361 g/mol. The Morgan fingerprint density at radius 1 is 0.929 bits per heavy atom. The summed E-state index contributed by atoms with van der Waals surface area (Å²) in [6, 6.07) is 14.1. The van der Waals surface area contributed by atoms with Crippen LogP contribution in [0.2, 0.25) is 0 Å². The van der Waals surface area contributed by atoms with Gasteiger partial charge < -0.3 is 5.11 Å².